The first-order valence-electron chi connectivity index (χ1n) is 10.8. The fourth-order valence-corrected chi connectivity index (χ4v) is 2.50. The fraction of sp³-hybridized carbons (Fsp3) is 0.905. The minimum absolute atomic E-state index is 0.0160. The molecule has 1 atom stereocenters. The lowest BCUT2D eigenvalue weighted by atomic mass is 10.2. The molecule has 0 aliphatic rings. The van der Waals surface area contributed by atoms with E-state index in [4.69, 9.17) is 29.1 Å². The highest BCUT2D eigenvalue weighted by Gasteiger charge is 2.45. The molecule has 0 saturated heterocycles. The molecule has 0 saturated carbocycles. The van der Waals surface area contributed by atoms with Gasteiger partial charge in [-0.1, -0.05) is 33.6 Å². The van der Waals surface area contributed by atoms with Crippen molar-refractivity contribution < 1.29 is 38.7 Å². The predicted molar refractivity (Wildman–Crippen MR) is 108 cm³/mol. The Labute approximate surface area is 175 Å². The number of carbonyl (C=O) groups is 2. The second kappa shape index (κ2) is 16.6. The minimum atomic E-state index is -1.38. The van der Waals surface area contributed by atoms with E-state index in [1.54, 1.807) is 0 Å². The topological polar surface area (TPSA) is 101 Å². The van der Waals surface area contributed by atoms with Crippen molar-refractivity contribution in [3.8, 4) is 0 Å². The second-order valence-corrected chi connectivity index (χ2v) is 7.25. The average Bonchev–Trinajstić information content (AvgIpc) is 2.67. The number of carbonyl (C=O) groups excluding carboxylic acids is 1. The van der Waals surface area contributed by atoms with Crippen molar-refractivity contribution in [2.75, 3.05) is 13.2 Å². The minimum Gasteiger partial charge on any atom is -0.481 e. The molecular weight excluding hydrogens is 380 g/mol. The summed E-state index contributed by atoms with van der Waals surface area (Å²) in [6.45, 7) is 10.6. The van der Waals surface area contributed by atoms with E-state index in [1.807, 2.05) is 20.8 Å². The Kier molecular flexibility index (Phi) is 15.9. The van der Waals surface area contributed by atoms with Crippen LogP contribution < -0.4 is 0 Å². The molecule has 172 valence electrons. The van der Waals surface area contributed by atoms with E-state index in [0.29, 0.717) is 32.5 Å². The summed E-state index contributed by atoms with van der Waals surface area (Å²) in [6, 6.07) is 0. The quantitative estimate of drug-likeness (QED) is 0.140. The van der Waals surface area contributed by atoms with Crippen LogP contribution in [0, 0.1) is 0 Å². The number of ether oxygens (including phenoxy) is 3. The smallest absolute Gasteiger partial charge is 0.342 e. The van der Waals surface area contributed by atoms with Crippen LogP contribution in [0.2, 0.25) is 0 Å². The molecule has 8 heteroatoms. The van der Waals surface area contributed by atoms with Crippen LogP contribution in [0.25, 0.3) is 0 Å². The van der Waals surface area contributed by atoms with Gasteiger partial charge in [-0.15, -0.1) is 4.89 Å². The SMILES string of the molecule is CCCCOC(OCCCC)C(CC)(OOC(=O)CCCCC(=O)O)OC(C)C. The van der Waals surface area contributed by atoms with Crippen molar-refractivity contribution in [3.63, 3.8) is 0 Å². The number of unbranched alkanes of at least 4 members (excludes halogenated alkanes) is 3. The standard InChI is InChI=1S/C21H40O8/c1-6-9-15-25-20(26-16-10-7-2)21(8-3,27-17(4)5)29-28-19(24)14-12-11-13-18(22)23/h17,20H,6-16H2,1-5H3,(H,22,23). The monoisotopic (exact) mass is 420 g/mol. The van der Waals surface area contributed by atoms with Crippen LogP contribution in [-0.4, -0.2) is 48.4 Å². The summed E-state index contributed by atoms with van der Waals surface area (Å²) in [5, 5.41) is 8.66. The maximum Gasteiger partial charge on any atom is 0.342 e. The van der Waals surface area contributed by atoms with Crippen molar-refractivity contribution >= 4 is 11.9 Å². The van der Waals surface area contributed by atoms with E-state index in [2.05, 4.69) is 13.8 Å². The van der Waals surface area contributed by atoms with Crippen LogP contribution in [0.3, 0.4) is 0 Å². The van der Waals surface area contributed by atoms with Crippen LogP contribution in [0.5, 0.6) is 0 Å². The average molecular weight is 421 g/mol. The van der Waals surface area contributed by atoms with E-state index >= 15 is 0 Å². The largest absolute Gasteiger partial charge is 0.481 e. The Morgan fingerprint density at radius 3 is 1.90 bits per heavy atom. The highest BCUT2D eigenvalue weighted by Crippen LogP contribution is 2.29. The molecule has 0 heterocycles. The number of carboxylic acid groups (broad SMARTS) is 1. The zero-order valence-corrected chi connectivity index (χ0v) is 18.7. The van der Waals surface area contributed by atoms with Crippen LogP contribution in [0.15, 0.2) is 0 Å². The first-order chi connectivity index (χ1) is 13.8. The van der Waals surface area contributed by atoms with Gasteiger partial charge >= 0.3 is 11.9 Å². The Hall–Kier alpha value is -1.22. The first kappa shape index (κ1) is 27.8. The number of hydrogen-bond acceptors (Lipinski definition) is 7. The van der Waals surface area contributed by atoms with Crippen molar-refractivity contribution in [2.24, 2.45) is 0 Å². The molecule has 0 rings (SSSR count). The van der Waals surface area contributed by atoms with E-state index in [-0.39, 0.29) is 18.9 Å². The molecule has 0 aromatic heterocycles. The summed E-state index contributed by atoms with van der Waals surface area (Å²) in [5.74, 6) is -2.85. The first-order valence-corrected chi connectivity index (χ1v) is 10.8. The molecule has 0 spiro atoms. The van der Waals surface area contributed by atoms with Gasteiger partial charge in [0.25, 0.3) is 5.79 Å². The normalized spacial score (nSPS) is 13.6. The van der Waals surface area contributed by atoms with Gasteiger partial charge < -0.3 is 19.3 Å². The highest BCUT2D eigenvalue weighted by molar-refractivity contribution is 5.69. The summed E-state index contributed by atoms with van der Waals surface area (Å²) in [7, 11) is 0. The van der Waals surface area contributed by atoms with Gasteiger partial charge in [-0.2, -0.15) is 0 Å². The second-order valence-electron chi connectivity index (χ2n) is 7.25. The summed E-state index contributed by atoms with van der Waals surface area (Å²) < 4.78 is 17.8. The zero-order chi connectivity index (χ0) is 22.1. The van der Waals surface area contributed by atoms with Gasteiger partial charge in [0.05, 0.1) is 6.10 Å². The van der Waals surface area contributed by atoms with Crippen molar-refractivity contribution in [2.45, 2.75) is 111 Å². The molecule has 0 aliphatic heterocycles. The molecule has 1 unspecified atom stereocenters. The van der Waals surface area contributed by atoms with Gasteiger partial charge in [-0.25, -0.2) is 4.79 Å². The molecule has 29 heavy (non-hydrogen) atoms. The fourth-order valence-electron chi connectivity index (χ4n) is 2.50. The summed E-state index contributed by atoms with van der Waals surface area (Å²) >= 11 is 0. The molecule has 0 radical (unpaired) electrons. The number of aliphatic carboxylic acids is 1. The third kappa shape index (κ3) is 12.8. The van der Waals surface area contributed by atoms with E-state index in [9.17, 15) is 9.59 Å². The summed E-state index contributed by atoms with van der Waals surface area (Å²) in [4.78, 5) is 33.1. The van der Waals surface area contributed by atoms with Gasteiger partial charge in [0.1, 0.15) is 0 Å². The summed E-state index contributed by atoms with van der Waals surface area (Å²) in [6.07, 6.45) is 3.84. The lowest BCUT2D eigenvalue weighted by molar-refractivity contribution is -0.462. The van der Waals surface area contributed by atoms with Gasteiger partial charge in [0.2, 0.25) is 6.29 Å². The Bertz CT molecular complexity index is 430. The van der Waals surface area contributed by atoms with Gasteiger partial charge in [-0.05, 0) is 39.5 Å². The third-order valence-electron chi connectivity index (χ3n) is 4.12. The molecule has 0 aromatic rings. The Balaban J connectivity index is 5.05. The molecule has 0 aromatic carbocycles. The zero-order valence-electron chi connectivity index (χ0n) is 18.7. The maximum absolute atomic E-state index is 12.0. The van der Waals surface area contributed by atoms with Gasteiger partial charge in [-0.3, -0.25) is 9.68 Å². The van der Waals surface area contributed by atoms with E-state index in [0.717, 1.165) is 25.7 Å². The van der Waals surface area contributed by atoms with Crippen LogP contribution >= 0.6 is 0 Å². The van der Waals surface area contributed by atoms with Crippen molar-refractivity contribution in [1.82, 2.24) is 0 Å². The Morgan fingerprint density at radius 2 is 1.45 bits per heavy atom. The third-order valence-corrected chi connectivity index (χ3v) is 4.12. The molecule has 0 bridgehead atoms. The van der Waals surface area contributed by atoms with Crippen molar-refractivity contribution in [3.05, 3.63) is 0 Å². The van der Waals surface area contributed by atoms with Crippen LogP contribution in [-0.2, 0) is 33.6 Å². The summed E-state index contributed by atoms with van der Waals surface area (Å²) in [5.41, 5.74) is 0. The predicted octanol–water partition coefficient (Wildman–Crippen LogP) is 4.60. The van der Waals surface area contributed by atoms with E-state index < -0.39 is 24.0 Å². The number of rotatable bonds is 19. The van der Waals surface area contributed by atoms with Gasteiger partial charge in [0.15, 0.2) is 0 Å². The molecule has 0 aliphatic carbocycles. The molecule has 1 N–H and O–H groups in total. The molecule has 0 amide bonds. The Morgan fingerprint density at radius 1 is 0.897 bits per heavy atom. The molecule has 0 fully saturated rings. The van der Waals surface area contributed by atoms with Crippen LogP contribution in [0.1, 0.15) is 92.4 Å². The lowest BCUT2D eigenvalue weighted by Crippen LogP contribution is -2.51. The number of carboxylic acids is 1. The van der Waals surface area contributed by atoms with Crippen molar-refractivity contribution in [1.29, 1.82) is 0 Å². The van der Waals surface area contributed by atoms with Crippen LogP contribution in [0.4, 0.5) is 0 Å². The lowest BCUT2D eigenvalue weighted by Gasteiger charge is -2.38. The maximum atomic E-state index is 12.0. The van der Waals surface area contributed by atoms with Gasteiger partial charge in [0, 0.05) is 32.5 Å². The molecular formula is C21H40O8. The number of hydrogen-bond donors (Lipinski definition) is 1. The molecule has 8 nitrogen and oxygen atoms in total. The van der Waals surface area contributed by atoms with E-state index in [1.165, 1.54) is 0 Å². The highest BCUT2D eigenvalue weighted by atomic mass is 17.2.